The van der Waals surface area contributed by atoms with Crippen molar-refractivity contribution in [3.63, 3.8) is 0 Å². The molecule has 0 atom stereocenters. The maximum absolute atomic E-state index is 11.5. The lowest BCUT2D eigenvalue weighted by atomic mass is 10.4. The molecule has 0 aliphatic carbocycles. The molecule has 23 heavy (non-hydrogen) atoms. The van der Waals surface area contributed by atoms with E-state index in [1.54, 1.807) is 0 Å². The maximum Gasteiger partial charge on any atom is 0.404 e. The second kappa shape index (κ2) is 11.0. The number of hydrogen-bond acceptors (Lipinski definition) is 7. The van der Waals surface area contributed by atoms with Gasteiger partial charge in [0, 0.05) is 12.1 Å². The van der Waals surface area contributed by atoms with E-state index in [-0.39, 0.29) is 45.1 Å². The van der Waals surface area contributed by atoms with Gasteiger partial charge < -0.3 is 30.0 Å². The van der Waals surface area contributed by atoms with Gasteiger partial charge >= 0.3 is 23.9 Å². The largest absolute Gasteiger partial charge is 0.474 e. The Hall–Kier alpha value is -2.62. The molecule has 0 aromatic carbocycles. The highest BCUT2D eigenvalue weighted by atomic mass is 16.6. The van der Waals surface area contributed by atoms with Crippen molar-refractivity contribution in [1.82, 2.24) is 4.90 Å². The van der Waals surface area contributed by atoms with Gasteiger partial charge in [0.25, 0.3) is 0 Å². The summed E-state index contributed by atoms with van der Waals surface area (Å²) in [5, 5.41) is 8.73. The second-order valence-electron chi connectivity index (χ2n) is 4.29. The molecular weight excluding hydrogens is 312 g/mol. The number of primary amides is 1. The third-order valence-electron chi connectivity index (χ3n) is 2.39. The van der Waals surface area contributed by atoms with Gasteiger partial charge in [0.15, 0.2) is 0 Å². The van der Waals surface area contributed by atoms with Crippen molar-refractivity contribution < 1.29 is 38.5 Å². The number of hydrogen-bond donors (Lipinski definition) is 2. The van der Waals surface area contributed by atoms with Crippen molar-refractivity contribution in [1.29, 1.82) is 0 Å². The quantitative estimate of drug-likeness (QED) is 0.227. The van der Waals surface area contributed by atoms with E-state index >= 15 is 0 Å². The van der Waals surface area contributed by atoms with Crippen LogP contribution in [-0.4, -0.2) is 73.5 Å². The van der Waals surface area contributed by atoms with Crippen LogP contribution in [0.1, 0.15) is 6.92 Å². The standard InChI is InChI=1S/C13H20N2O8/c1-9(2)12(19)22-6-4-15(10(16)11(17)18)3-5-21-7-8-23-13(14)20/h1,3-8H2,2H3,(H2,14,20)(H,17,18). The highest BCUT2D eigenvalue weighted by molar-refractivity contribution is 6.31. The van der Waals surface area contributed by atoms with E-state index in [1.165, 1.54) is 6.92 Å². The molecular formula is C13H20N2O8. The van der Waals surface area contributed by atoms with Crippen LogP contribution in [0.4, 0.5) is 4.79 Å². The van der Waals surface area contributed by atoms with E-state index in [2.05, 4.69) is 11.3 Å². The van der Waals surface area contributed by atoms with Crippen LogP contribution in [0.2, 0.25) is 0 Å². The summed E-state index contributed by atoms with van der Waals surface area (Å²) in [4.78, 5) is 44.7. The first-order valence-electron chi connectivity index (χ1n) is 6.60. The van der Waals surface area contributed by atoms with Crippen molar-refractivity contribution in [3.05, 3.63) is 12.2 Å². The predicted octanol–water partition coefficient (Wildman–Crippen LogP) is -0.869. The number of ether oxygens (including phenoxy) is 3. The fourth-order valence-electron chi connectivity index (χ4n) is 1.30. The lowest BCUT2D eigenvalue weighted by molar-refractivity contribution is -0.157. The minimum Gasteiger partial charge on any atom is -0.474 e. The van der Waals surface area contributed by atoms with E-state index in [1.807, 2.05) is 0 Å². The number of aliphatic carboxylic acids is 1. The zero-order chi connectivity index (χ0) is 17.8. The molecule has 0 fully saturated rings. The molecule has 130 valence electrons. The van der Waals surface area contributed by atoms with Gasteiger partial charge in [-0.3, -0.25) is 4.79 Å². The first-order chi connectivity index (χ1) is 10.8. The number of carboxylic acid groups (broad SMARTS) is 1. The minimum atomic E-state index is -1.63. The Morgan fingerprint density at radius 3 is 2.17 bits per heavy atom. The van der Waals surface area contributed by atoms with E-state index in [0.717, 1.165) is 4.90 Å². The summed E-state index contributed by atoms with van der Waals surface area (Å²) in [5.41, 5.74) is 4.94. The van der Waals surface area contributed by atoms with Crippen molar-refractivity contribution >= 4 is 23.9 Å². The summed E-state index contributed by atoms with van der Waals surface area (Å²) in [7, 11) is 0. The summed E-state index contributed by atoms with van der Waals surface area (Å²) in [6.07, 6.45) is -0.935. The molecule has 0 saturated heterocycles. The average Bonchev–Trinajstić information content (AvgIpc) is 2.47. The van der Waals surface area contributed by atoms with Crippen LogP contribution < -0.4 is 5.73 Å². The molecule has 0 aromatic rings. The van der Waals surface area contributed by atoms with E-state index < -0.39 is 23.9 Å². The van der Waals surface area contributed by atoms with E-state index in [0.29, 0.717) is 0 Å². The third-order valence-corrected chi connectivity index (χ3v) is 2.39. The molecule has 0 spiro atoms. The Kier molecular flexibility index (Phi) is 9.76. The van der Waals surface area contributed by atoms with Crippen molar-refractivity contribution in [2.45, 2.75) is 6.92 Å². The van der Waals surface area contributed by atoms with Gasteiger partial charge in [-0.15, -0.1) is 0 Å². The van der Waals surface area contributed by atoms with Crippen LogP contribution in [0.5, 0.6) is 0 Å². The molecule has 0 radical (unpaired) electrons. The number of carboxylic acids is 1. The Balaban J connectivity index is 4.18. The van der Waals surface area contributed by atoms with E-state index in [4.69, 9.17) is 20.3 Å². The molecule has 10 heteroatoms. The number of carbonyl (C=O) groups is 4. The number of nitrogens with two attached hydrogens (primary N) is 1. The van der Waals surface area contributed by atoms with Gasteiger partial charge in [-0.25, -0.2) is 14.4 Å². The molecule has 0 bridgehead atoms. The Morgan fingerprint density at radius 2 is 1.65 bits per heavy atom. The zero-order valence-corrected chi connectivity index (χ0v) is 12.8. The van der Waals surface area contributed by atoms with Gasteiger partial charge in [-0.1, -0.05) is 6.58 Å². The molecule has 10 nitrogen and oxygen atoms in total. The van der Waals surface area contributed by atoms with Crippen LogP contribution in [0.15, 0.2) is 12.2 Å². The summed E-state index contributed by atoms with van der Waals surface area (Å²) in [5.74, 6) is -3.41. The monoisotopic (exact) mass is 332 g/mol. The number of nitrogens with zero attached hydrogens (tertiary/aromatic N) is 1. The highest BCUT2D eigenvalue weighted by Gasteiger charge is 2.21. The van der Waals surface area contributed by atoms with Crippen LogP contribution >= 0.6 is 0 Å². The van der Waals surface area contributed by atoms with Crippen LogP contribution in [0, 0.1) is 0 Å². The number of esters is 1. The number of amides is 2. The Labute approximate surface area is 132 Å². The zero-order valence-electron chi connectivity index (χ0n) is 12.8. The summed E-state index contributed by atoms with van der Waals surface area (Å²) in [6, 6.07) is 0. The molecule has 0 heterocycles. The SMILES string of the molecule is C=C(C)C(=O)OCCN(CCOCCOC(N)=O)C(=O)C(=O)O. The van der Waals surface area contributed by atoms with Gasteiger partial charge in [0.2, 0.25) is 0 Å². The van der Waals surface area contributed by atoms with Crippen molar-refractivity contribution in [2.75, 3.05) is 39.5 Å². The average molecular weight is 332 g/mol. The number of rotatable bonds is 10. The fourth-order valence-corrected chi connectivity index (χ4v) is 1.30. The van der Waals surface area contributed by atoms with Crippen molar-refractivity contribution in [3.8, 4) is 0 Å². The van der Waals surface area contributed by atoms with Crippen LogP contribution in [-0.2, 0) is 28.6 Å². The normalized spacial score (nSPS) is 9.78. The molecule has 0 unspecified atom stereocenters. The maximum atomic E-state index is 11.5. The van der Waals surface area contributed by atoms with Crippen LogP contribution in [0.3, 0.4) is 0 Å². The third kappa shape index (κ3) is 9.85. The summed E-state index contributed by atoms with van der Waals surface area (Å²) < 4.78 is 14.3. The van der Waals surface area contributed by atoms with Crippen LogP contribution in [0.25, 0.3) is 0 Å². The van der Waals surface area contributed by atoms with Gasteiger partial charge in [-0.05, 0) is 6.92 Å². The summed E-state index contributed by atoms with van der Waals surface area (Å²) in [6.45, 7) is 4.54. The first-order valence-corrected chi connectivity index (χ1v) is 6.60. The Morgan fingerprint density at radius 1 is 1.04 bits per heavy atom. The molecule has 0 aliphatic rings. The Bertz CT molecular complexity index is 463. The smallest absolute Gasteiger partial charge is 0.404 e. The lowest BCUT2D eigenvalue weighted by Crippen LogP contribution is -2.41. The topological polar surface area (TPSA) is 145 Å². The highest BCUT2D eigenvalue weighted by Crippen LogP contribution is 1.96. The molecule has 0 aromatic heterocycles. The number of carbonyl (C=O) groups excluding carboxylic acids is 3. The lowest BCUT2D eigenvalue weighted by Gasteiger charge is -2.20. The molecule has 0 saturated carbocycles. The summed E-state index contributed by atoms with van der Waals surface area (Å²) >= 11 is 0. The second-order valence-corrected chi connectivity index (χ2v) is 4.29. The fraction of sp³-hybridized carbons (Fsp3) is 0.538. The molecule has 2 amide bonds. The molecule has 0 aliphatic heterocycles. The first kappa shape index (κ1) is 20.4. The molecule has 3 N–H and O–H groups in total. The van der Waals surface area contributed by atoms with Gasteiger partial charge in [-0.2, -0.15) is 0 Å². The molecule has 0 rings (SSSR count). The van der Waals surface area contributed by atoms with E-state index in [9.17, 15) is 19.2 Å². The van der Waals surface area contributed by atoms with Gasteiger partial charge in [0.05, 0.1) is 19.8 Å². The predicted molar refractivity (Wildman–Crippen MR) is 76.3 cm³/mol. The van der Waals surface area contributed by atoms with Crippen molar-refractivity contribution in [2.24, 2.45) is 5.73 Å². The minimum absolute atomic E-state index is 0.00950. The van der Waals surface area contributed by atoms with Gasteiger partial charge in [0.1, 0.15) is 13.2 Å².